The van der Waals surface area contributed by atoms with Gasteiger partial charge in [-0.25, -0.2) is 9.59 Å². The zero-order chi connectivity index (χ0) is 34.0. The van der Waals surface area contributed by atoms with Crippen molar-refractivity contribution in [3.8, 4) is 16.9 Å². The van der Waals surface area contributed by atoms with Crippen LogP contribution < -0.4 is 15.0 Å². The molecular formula is C38H40ClN3O6. The van der Waals surface area contributed by atoms with Crippen LogP contribution in [-0.2, 0) is 20.9 Å². The van der Waals surface area contributed by atoms with Gasteiger partial charge >= 0.3 is 12.2 Å². The summed E-state index contributed by atoms with van der Waals surface area (Å²) in [6, 6.07) is 25.5. The van der Waals surface area contributed by atoms with Crippen molar-refractivity contribution in [2.75, 3.05) is 31.1 Å². The molecule has 1 fully saturated rings. The van der Waals surface area contributed by atoms with Crippen LogP contribution in [0.25, 0.3) is 21.9 Å². The number of nitrogens with one attached hydrogen (secondary N) is 1. The number of likely N-dealkylation sites (tertiary alicyclic amines) is 1. The molecule has 250 valence electrons. The predicted octanol–water partition coefficient (Wildman–Crippen LogP) is 7.75. The Morgan fingerprint density at radius 1 is 0.979 bits per heavy atom. The number of fused-ring (bicyclic) bond motifs is 2. The Morgan fingerprint density at radius 2 is 1.71 bits per heavy atom. The Balaban J connectivity index is 1.22. The first-order valence-corrected chi connectivity index (χ1v) is 16.6. The maximum Gasteiger partial charge on any atom is 0.410 e. The molecule has 3 amide bonds. The average molecular weight is 670 g/mol. The fraction of sp³-hybridized carbons (Fsp3) is 0.342. The van der Waals surface area contributed by atoms with Crippen molar-refractivity contribution in [1.82, 2.24) is 10.2 Å². The van der Waals surface area contributed by atoms with E-state index in [1.165, 1.54) is 0 Å². The number of carbonyl (C=O) groups is 3. The molecule has 0 bridgehead atoms. The zero-order valence-electron chi connectivity index (χ0n) is 27.6. The number of hydrogen-bond acceptors (Lipinski definition) is 6. The molecule has 9 nitrogen and oxygen atoms in total. The molecule has 0 aliphatic carbocycles. The summed E-state index contributed by atoms with van der Waals surface area (Å²) in [5, 5.41) is 5.39. The van der Waals surface area contributed by atoms with E-state index in [1.807, 2.05) is 76.2 Å². The lowest BCUT2D eigenvalue weighted by molar-refractivity contribution is -0.126. The van der Waals surface area contributed by atoms with Gasteiger partial charge in [-0.05, 0) is 67.3 Å². The molecule has 4 aromatic carbocycles. The molecule has 48 heavy (non-hydrogen) atoms. The van der Waals surface area contributed by atoms with E-state index in [0.29, 0.717) is 36.1 Å². The van der Waals surface area contributed by atoms with E-state index in [1.54, 1.807) is 15.9 Å². The zero-order valence-corrected chi connectivity index (χ0v) is 28.4. The third-order valence-corrected chi connectivity index (χ3v) is 8.70. The first-order chi connectivity index (χ1) is 22.9. The highest BCUT2D eigenvalue weighted by molar-refractivity contribution is 6.34. The topological polar surface area (TPSA) is 97.4 Å². The van der Waals surface area contributed by atoms with Crippen LogP contribution in [0.1, 0.15) is 38.3 Å². The molecule has 0 saturated carbocycles. The number of hydrogen-bond donors (Lipinski definition) is 1. The first kappa shape index (κ1) is 33.2. The molecule has 4 aromatic rings. The summed E-state index contributed by atoms with van der Waals surface area (Å²) in [4.78, 5) is 42.3. The average Bonchev–Trinajstić information content (AvgIpc) is 3.02. The number of ether oxygens (including phenoxy) is 3. The molecular weight excluding hydrogens is 630 g/mol. The summed E-state index contributed by atoms with van der Waals surface area (Å²) in [6.45, 7) is 9.18. The van der Waals surface area contributed by atoms with E-state index in [4.69, 9.17) is 25.8 Å². The number of anilines is 1. The van der Waals surface area contributed by atoms with Gasteiger partial charge in [0.1, 0.15) is 18.0 Å². The molecule has 2 heterocycles. The standard InChI is InChI=1S/C38H40ClN3O6/c1-24-16-27-12-8-9-13-28(27)29(17-24)30-18-34-32(19-31(30)39)42(22-26-20-41(21-26)37(45)48-38(2,3)4)35(43)33(47-34)14-15-40-36(44)46-23-25-10-6-5-7-11-25/h5-13,16-19,26,33H,14-15,20-23H2,1-4H3,(H,40,44)/t33-/m1/s1. The number of benzene rings is 4. The molecule has 10 heteroatoms. The van der Waals surface area contributed by atoms with Gasteiger partial charge in [-0.15, -0.1) is 0 Å². The third-order valence-electron chi connectivity index (χ3n) is 8.38. The molecule has 1 saturated heterocycles. The van der Waals surface area contributed by atoms with Crippen molar-refractivity contribution in [3.63, 3.8) is 0 Å². The molecule has 6 rings (SSSR count). The second-order valence-corrected chi connectivity index (χ2v) is 13.8. The van der Waals surface area contributed by atoms with Crippen LogP contribution in [0.4, 0.5) is 15.3 Å². The van der Waals surface area contributed by atoms with E-state index < -0.39 is 17.8 Å². The van der Waals surface area contributed by atoms with Crippen LogP contribution in [0, 0.1) is 12.8 Å². The van der Waals surface area contributed by atoms with Crippen LogP contribution in [0.3, 0.4) is 0 Å². The maximum absolute atomic E-state index is 13.9. The summed E-state index contributed by atoms with van der Waals surface area (Å²) >= 11 is 6.98. The first-order valence-electron chi connectivity index (χ1n) is 16.2. The van der Waals surface area contributed by atoms with Crippen LogP contribution in [0.5, 0.6) is 5.75 Å². The fourth-order valence-electron chi connectivity index (χ4n) is 6.10. The Labute approximate surface area is 285 Å². The number of nitrogens with zero attached hydrogens (tertiary/aromatic N) is 2. The minimum atomic E-state index is -0.850. The number of amides is 3. The quantitative estimate of drug-likeness (QED) is 0.206. The van der Waals surface area contributed by atoms with Gasteiger partial charge in [0.05, 0.1) is 10.7 Å². The van der Waals surface area contributed by atoms with Gasteiger partial charge in [0.25, 0.3) is 5.91 Å². The Kier molecular flexibility index (Phi) is 9.51. The minimum Gasteiger partial charge on any atom is -0.478 e. The maximum atomic E-state index is 13.9. The second kappa shape index (κ2) is 13.8. The number of halogens is 1. The minimum absolute atomic E-state index is 0.0401. The van der Waals surface area contributed by atoms with Crippen LogP contribution in [0.2, 0.25) is 5.02 Å². The number of carbonyl (C=O) groups excluding carboxylic acids is 3. The van der Waals surface area contributed by atoms with Crippen molar-refractivity contribution >= 4 is 46.2 Å². The number of rotatable bonds is 8. The predicted molar refractivity (Wildman–Crippen MR) is 186 cm³/mol. The van der Waals surface area contributed by atoms with Crippen molar-refractivity contribution < 1.29 is 28.6 Å². The van der Waals surface area contributed by atoms with Gasteiger partial charge in [0, 0.05) is 44.1 Å². The fourth-order valence-corrected chi connectivity index (χ4v) is 6.36. The van der Waals surface area contributed by atoms with Crippen molar-refractivity contribution in [2.45, 2.75) is 52.4 Å². The summed E-state index contributed by atoms with van der Waals surface area (Å²) in [5.74, 6) is 0.334. The van der Waals surface area contributed by atoms with E-state index in [-0.39, 0.29) is 37.5 Å². The monoisotopic (exact) mass is 669 g/mol. The van der Waals surface area contributed by atoms with Gasteiger partial charge in [-0.3, -0.25) is 4.79 Å². The third kappa shape index (κ3) is 7.52. The molecule has 1 atom stereocenters. The summed E-state index contributed by atoms with van der Waals surface area (Å²) in [6.07, 6.45) is -1.56. The lowest BCUT2D eigenvalue weighted by atomic mass is 9.94. The van der Waals surface area contributed by atoms with Gasteiger partial charge in [-0.1, -0.05) is 78.3 Å². The second-order valence-electron chi connectivity index (χ2n) is 13.4. The van der Waals surface area contributed by atoms with E-state index in [0.717, 1.165) is 33.0 Å². The highest BCUT2D eigenvalue weighted by Gasteiger charge is 2.40. The summed E-state index contributed by atoms with van der Waals surface area (Å²) in [7, 11) is 0. The highest BCUT2D eigenvalue weighted by atomic mass is 35.5. The largest absolute Gasteiger partial charge is 0.478 e. The van der Waals surface area contributed by atoms with Crippen molar-refractivity contribution in [2.24, 2.45) is 5.92 Å². The van der Waals surface area contributed by atoms with Crippen molar-refractivity contribution in [1.29, 1.82) is 0 Å². The summed E-state index contributed by atoms with van der Waals surface area (Å²) < 4.78 is 17.2. The van der Waals surface area contributed by atoms with E-state index >= 15 is 0 Å². The van der Waals surface area contributed by atoms with E-state index in [9.17, 15) is 14.4 Å². The molecule has 2 aliphatic heterocycles. The number of aryl methyl sites for hydroxylation is 1. The van der Waals surface area contributed by atoms with Gasteiger partial charge < -0.3 is 29.3 Å². The summed E-state index contributed by atoms with van der Waals surface area (Å²) in [5.41, 5.74) is 3.73. The molecule has 1 N–H and O–H groups in total. The molecule has 0 unspecified atom stereocenters. The Hall–Kier alpha value is -4.76. The Bertz CT molecular complexity index is 1830. The lowest BCUT2D eigenvalue weighted by Crippen LogP contribution is -2.57. The Morgan fingerprint density at radius 3 is 2.46 bits per heavy atom. The van der Waals surface area contributed by atoms with Gasteiger partial charge in [0.15, 0.2) is 6.10 Å². The van der Waals surface area contributed by atoms with Gasteiger partial charge in [-0.2, -0.15) is 0 Å². The normalized spacial score (nSPS) is 16.2. The van der Waals surface area contributed by atoms with E-state index in [2.05, 4.69) is 29.6 Å². The molecule has 0 spiro atoms. The number of alkyl carbamates (subject to hydrolysis) is 1. The molecule has 2 aliphatic rings. The smallest absolute Gasteiger partial charge is 0.410 e. The highest BCUT2D eigenvalue weighted by Crippen LogP contribution is 2.44. The molecule has 0 aromatic heterocycles. The SMILES string of the molecule is Cc1cc(-c2cc3c(cc2Cl)N(CC2CN(C(=O)OC(C)(C)C)C2)C(=O)[C@@H](CCNC(=O)OCc2ccccc2)O3)c2ccccc2c1. The van der Waals surface area contributed by atoms with Crippen LogP contribution in [0.15, 0.2) is 78.9 Å². The lowest BCUT2D eigenvalue weighted by Gasteiger charge is -2.43. The van der Waals surface area contributed by atoms with Crippen molar-refractivity contribution in [3.05, 3.63) is 95.0 Å². The van der Waals surface area contributed by atoms with Crippen LogP contribution in [-0.4, -0.2) is 60.9 Å². The molecule has 0 radical (unpaired) electrons. The van der Waals surface area contributed by atoms with Crippen LogP contribution >= 0.6 is 11.6 Å². The van der Waals surface area contributed by atoms with Gasteiger partial charge in [0.2, 0.25) is 0 Å².